The first-order valence-electron chi connectivity index (χ1n) is 10.5. The lowest BCUT2D eigenvalue weighted by molar-refractivity contribution is -0.155. The molecular formula is C24H21N3O8. The number of aromatic nitrogens is 3. The molecule has 11 heteroatoms. The summed E-state index contributed by atoms with van der Waals surface area (Å²) in [5.74, 6) is -2.09. The number of carbonyl (C=O) groups is 3. The van der Waals surface area contributed by atoms with Crippen LogP contribution in [0.15, 0.2) is 73.6 Å². The van der Waals surface area contributed by atoms with Crippen molar-refractivity contribution < 1.29 is 38.1 Å². The lowest BCUT2D eigenvalue weighted by atomic mass is 10.1. The fraction of sp³-hybridized carbons (Fsp3) is 0.250. The van der Waals surface area contributed by atoms with Crippen LogP contribution in [-0.2, 0) is 23.7 Å². The van der Waals surface area contributed by atoms with Crippen molar-refractivity contribution in [2.24, 2.45) is 0 Å². The summed E-state index contributed by atoms with van der Waals surface area (Å²) >= 11 is 0. The van der Waals surface area contributed by atoms with Crippen molar-refractivity contribution in [2.45, 2.75) is 24.6 Å². The Morgan fingerprint density at radius 3 is 1.71 bits per heavy atom. The second-order valence-electron chi connectivity index (χ2n) is 7.34. The van der Waals surface area contributed by atoms with Crippen LogP contribution in [0.1, 0.15) is 31.1 Å². The summed E-state index contributed by atoms with van der Waals surface area (Å²) in [6, 6.07) is 9.34. The van der Waals surface area contributed by atoms with Crippen LogP contribution in [-0.4, -0.2) is 71.2 Å². The van der Waals surface area contributed by atoms with E-state index in [-0.39, 0.29) is 23.3 Å². The van der Waals surface area contributed by atoms with E-state index in [9.17, 15) is 14.4 Å². The molecule has 35 heavy (non-hydrogen) atoms. The van der Waals surface area contributed by atoms with Gasteiger partial charge >= 0.3 is 17.9 Å². The Balaban J connectivity index is 1.54. The monoisotopic (exact) mass is 479 g/mol. The van der Waals surface area contributed by atoms with Crippen LogP contribution in [0, 0.1) is 0 Å². The Morgan fingerprint density at radius 1 is 0.771 bits per heavy atom. The molecule has 0 spiro atoms. The van der Waals surface area contributed by atoms with E-state index in [4.69, 9.17) is 23.7 Å². The summed E-state index contributed by atoms with van der Waals surface area (Å²) in [4.78, 5) is 49.6. The zero-order chi connectivity index (χ0) is 24.6. The molecule has 3 aromatic heterocycles. The number of carbonyl (C=O) groups excluding carboxylic acids is 3. The SMILES string of the molecule is COC1O[C@H](COC(=O)c2cccnc2)[C@@H](OC(=O)c2cccnc2)[C@H]1OC(=O)c1cccnc1. The lowest BCUT2D eigenvalue weighted by Crippen LogP contribution is -2.42. The van der Waals surface area contributed by atoms with E-state index in [1.54, 1.807) is 24.3 Å². The molecule has 1 saturated heterocycles. The van der Waals surface area contributed by atoms with Crippen molar-refractivity contribution in [3.63, 3.8) is 0 Å². The third kappa shape index (κ3) is 5.83. The first kappa shape index (κ1) is 23.9. The molecule has 1 aliphatic rings. The zero-order valence-electron chi connectivity index (χ0n) is 18.6. The Labute approximate surface area is 200 Å². The van der Waals surface area contributed by atoms with Gasteiger partial charge in [-0.25, -0.2) is 14.4 Å². The summed E-state index contributed by atoms with van der Waals surface area (Å²) in [5, 5.41) is 0. The van der Waals surface area contributed by atoms with Gasteiger partial charge in [-0.05, 0) is 36.4 Å². The molecule has 3 aromatic rings. The number of pyridine rings is 3. The van der Waals surface area contributed by atoms with Crippen LogP contribution in [0.2, 0.25) is 0 Å². The van der Waals surface area contributed by atoms with Crippen molar-refractivity contribution >= 4 is 17.9 Å². The Hall–Kier alpha value is -4.22. The summed E-state index contributed by atoms with van der Waals surface area (Å²) in [6.45, 7) is -0.306. The minimum atomic E-state index is -1.16. The highest BCUT2D eigenvalue weighted by Gasteiger charge is 2.50. The molecule has 0 amide bonds. The summed E-state index contributed by atoms with van der Waals surface area (Å²) in [5.41, 5.74) is 0.597. The van der Waals surface area contributed by atoms with Gasteiger partial charge in [0, 0.05) is 44.3 Å². The molecule has 180 valence electrons. The quantitative estimate of drug-likeness (QED) is 0.346. The third-order valence-electron chi connectivity index (χ3n) is 5.06. The Bertz CT molecular complexity index is 1150. The molecular weight excluding hydrogens is 458 g/mol. The van der Waals surface area contributed by atoms with E-state index in [1.165, 1.54) is 56.4 Å². The number of hydrogen-bond donors (Lipinski definition) is 0. The minimum absolute atomic E-state index is 0.178. The molecule has 4 atom stereocenters. The molecule has 0 saturated carbocycles. The van der Waals surface area contributed by atoms with Crippen molar-refractivity contribution in [2.75, 3.05) is 13.7 Å². The number of nitrogens with zero attached hydrogens (tertiary/aromatic N) is 3. The van der Waals surface area contributed by atoms with E-state index >= 15 is 0 Å². The van der Waals surface area contributed by atoms with Gasteiger partial charge in [-0.2, -0.15) is 0 Å². The average Bonchev–Trinajstić information content (AvgIpc) is 3.24. The van der Waals surface area contributed by atoms with Gasteiger partial charge < -0.3 is 23.7 Å². The standard InChI is InChI=1S/C24H21N3O8/c1-31-24-20(35-23(30)17-7-4-10-27-13-17)19(34-22(29)16-6-3-9-26-12-16)18(33-24)14-32-21(28)15-5-2-8-25-11-15/h2-13,18-20,24H,14H2,1H3/t18-,19-,20-,24?/m1/s1. The van der Waals surface area contributed by atoms with E-state index < -0.39 is 42.5 Å². The van der Waals surface area contributed by atoms with Crippen LogP contribution in [0.4, 0.5) is 0 Å². The first-order chi connectivity index (χ1) is 17.1. The lowest BCUT2D eigenvalue weighted by Gasteiger charge is -2.23. The van der Waals surface area contributed by atoms with Gasteiger partial charge in [-0.3, -0.25) is 15.0 Å². The smallest absolute Gasteiger partial charge is 0.340 e. The number of rotatable bonds is 8. The highest BCUT2D eigenvalue weighted by molar-refractivity contribution is 5.90. The first-order valence-corrected chi connectivity index (χ1v) is 10.5. The fourth-order valence-electron chi connectivity index (χ4n) is 3.36. The van der Waals surface area contributed by atoms with E-state index in [0.29, 0.717) is 0 Å². The molecule has 0 radical (unpaired) electrons. The molecule has 0 aromatic carbocycles. The zero-order valence-corrected chi connectivity index (χ0v) is 18.6. The molecule has 1 unspecified atom stereocenters. The topological polar surface area (TPSA) is 136 Å². The second kappa shape index (κ2) is 11.3. The van der Waals surface area contributed by atoms with Gasteiger partial charge in [0.25, 0.3) is 0 Å². The number of hydrogen-bond acceptors (Lipinski definition) is 11. The molecule has 4 rings (SSSR count). The largest absolute Gasteiger partial charge is 0.459 e. The number of methoxy groups -OCH3 is 1. The summed E-state index contributed by atoms with van der Waals surface area (Å²) in [7, 11) is 1.35. The van der Waals surface area contributed by atoms with Gasteiger partial charge in [-0.15, -0.1) is 0 Å². The van der Waals surface area contributed by atoms with E-state index in [2.05, 4.69) is 15.0 Å². The van der Waals surface area contributed by atoms with Crippen LogP contribution in [0.25, 0.3) is 0 Å². The van der Waals surface area contributed by atoms with Crippen molar-refractivity contribution in [1.29, 1.82) is 0 Å². The van der Waals surface area contributed by atoms with Crippen LogP contribution >= 0.6 is 0 Å². The number of esters is 3. The van der Waals surface area contributed by atoms with Gasteiger partial charge in [0.05, 0.1) is 16.7 Å². The van der Waals surface area contributed by atoms with Crippen molar-refractivity contribution in [3.05, 3.63) is 90.3 Å². The highest BCUT2D eigenvalue weighted by atomic mass is 16.7. The van der Waals surface area contributed by atoms with E-state index in [1.807, 2.05) is 0 Å². The maximum atomic E-state index is 12.8. The van der Waals surface area contributed by atoms with Crippen molar-refractivity contribution in [1.82, 2.24) is 15.0 Å². The van der Waals surface area contributed by atoms with Gasteiger partial charge in [0.2, 0.25) is 0 Å². The third-order valence-corrected chi connectivity index (χ3v) is 5.06. The second-order valence-corrected chi connectivity index (χ2v) is 7.34. The normalized spacial score (nSPS) is 21.2. The molecule has 0 N–H and O–H groups in total. The van der Waals surface area contributed by atoms with Crippen molar-refractivity contribution in [3.8, 4) is 0 Å². The van der Waals surface area contributed by atoms with Gasteiger partial charge in [0.1, 0.15) is 12.7 Å². The molecule has 1 aliphatic heterocycles. The Morgan fingerprint density at radius 2 is 1.26 bits per heavy atom. The molecule has 11 nitrogen and oxygen atoms in total. The molecule has 0 bridgehead atoms. The van der Waals surface area contributed by atoms with E-state index in [0.717, 1.165) is 0 Å². The summed E-state index contributed by atoms with van der Waals surface area (Å²) < 4.78 is 27.7. The predicted molar refractivity (Wildman–Crippen MR) is 117 cm³/mol. The van der Waals surface area contributed by atoms with Crippen LogP contribution < -0.4 is 0 Å². The fourth-order valence-corrected chi connectivity index (χ4v) is 3.36. The molecule has 4 heterocycles. The highest BCUT2D eigenvalue weighted by Crippen LogP contribution is 2.29. The molecule has 0 aliphatic carbocycles. The predicted octanol–water partition coefficient (Wildman–Crippen LogP) is 1.85. The maximum Gasteiger partial charge on any atom is 0.340 e. The van der Waals surface area contributed by atoms with Crippen LogP contribution in [0.5, 0.6) is 0 Å². The maximum absolute atomic E-state index is 12.8. The van der Waals surface area contributed by atoms with Gasteiger partial charge in [-0.1, -0.05) is 0 Å². The minimum Gasteiger partial charge on any atom is -0.459 e. The Kier molecular flexibility index (Phi) is 7.70. The molecule has 1 fully saturated rings. The number of ether oxygens (including phenoxy) is 5. The van der Waals surface area contributed by atoms with Crippen LogP contribution in [0.3, 0.4) is 0 Å². The van der Waals surface area contributed by atoms with Gasteiger partial charge in [0.15, 0.2) is 18.5 Å². The average molecular weight is 479 g/mol. The summed E-state index contributed by atoms with van der Waals surface area (Å²) in [6.07, 6.45) is 4.17.